The molecule has 0 saturated heterocycles. The fourth-order valence-corrected chi connectivity index (χ4v) is 1.74. The van der Waals surface area contributed by atoms with E-state index in [4.69, 9.17) is 0 Å². The lowest BCUT2D eigenvalue weighted by Gasteiger charge is -2.10. The molecule has 0 aliphatic rings. The first-order valence-corrected chi connectivity index (χ1v) is 6.10. The van der Waals surface area contributed by atoms with Gasteiger partial charge in [0.25, 0.3) is 5.91 Å². The number of carbonyl (C=O) groups is 1. The molecule has 1 aromatic heterocycles. The van der Waals surface area contributed by atoms with Crippen LogP contribution in [0.15, 0.2) is 30.6 Å². The summed E-state index contributed by atoms with van der Waals surface area (Å²) in [5, 5.41) is 0. The van der Waals surface area contributed by atoms with Crippen LogP contribution in [0.2, 0.25) is 0 Å². The van der Waals surface area contributed by atoms with E-state index in [0.717, 1.165) is 11.3 Å². The second kappa shape index (κ2) is 5.18. The monoisotopic (exact) mass is 255 g/mol. The molecule has 0 aliphatic heterocycles. The van der Waals surface area contributed by atoms with Gasteiger partial charge < -0.3 is 4.90 Å². The van der Waals surface area contributed by atoms with Crippen LogP contribution in [0, 0.1) is 13.8 Å². The predicted octanol–water partition coefficient (Wildman–Crippen LogP) is 2.46. The minimum Gasteiger partial charge on any atom is -0.343 e. The van der Waals surface area contributed by atoms with Crippen molar-refractivity contribution in [3.63, 3.8) is 0 Å². The molecule has 0 aliphatic carbocycles. The Morgan fingerprint density at radius 3 is 2.47 bits per heavy atom. The average molecular weight is 255 g/mol. The molecule has 0 fully saturated rings. The lowest BCUT2D eigenvalue weighted by atomic mass is 10.0. The van der Waals surface area contributed by atoms with Gasteiger partial charge in [0.15, 0.2) is 0 Å². The Morgan fingerprint density at radius 1 is 1.11 bits per heavy atom. The standard InChI is InChI=1S/C15H17N3O/c1-10-5-6-12(7-11(10)2)13-8-16-9-14(17-13)15(19)18(3)4/h5-9H,1-4H3. The first-order valence-electron chi connectivity index (χ1n) is 6.10. The molecule has 0 N–H and O–H groups in total. The highest BCUT2D eigenvalue weighted by molar-refractivity contribution is 5.92. The second-order valence-corrected chi connectivity index (χ2v) is 4.79. The Bertz CT molecular complexity index is 621. The minimum atomic E-state index is -0.141. The first-order chi connectivity index (χ1) is 8.99. The average Bonchev–Trinajstić information content (AvgIpc) is 2.41. The van der Waals surface area contributed by atoms with E-state index in [1.165, 1.54) is 22.2 Å². The maximum absolute atomic E-state index is 11.9. The van der Waals surface area contributed by atoms with Gasteiger partial charge in [0, 0.05) is 19.7 Å². The van der Waals surface area contributed by atoms with Crippen LogP contribution in [-0.2, 0) is 0 Å². The molecule has 98 valence electrons. The van der Waals surface area contributed by atoms with Gasteiger partial charge in [0.2, 0.25) is 0 Å². The molecule has 0 saturated carbocycles. The summed E-state index contributed by atoms with van der Waals surface area (Å²) >= 11 is 0. The maximum atomic E-state index is 11.9. The van der Waals surface area contributed by atoms with Crippen molar-refractivity contribution in [1.29, 1.82) is 0 Å². The summed E-state index contributed by atoms with van der Waals surface area (Å²) in [5.41, 5.74) is 4.49. The van der Waals surface area contributed by atoms with Crippen LogP contribution in [0.25, 0.3) is 11.3 Å². The van der Waals surface area contributed by atoms with Crippen LogP contribution < -0.4 is 0 Å². The van der Waals surface area contributed by atoms with Crippen molar-refractivity contribution in [3.05, 3.63) is 47.4 Å². The van der Waals surface area contributed by atoms with Gasteiger partial charge in [-0.15, -0.1) is 0 Å². The largest absolute Gasteiger partial charge is 0.343 e. The molecule has 2 rings (SSSR count). The van der Waals surface area contributed by atoms with Crippen LogP contribution >= 0.6 is 0 Å². The van der Waals surface area contributed by atoms with E-state index in [9.17, 15) is 4.79 Å². The topological polar surface area (TPSA) is 46.1 Å². The summed E-state index contributed by atoms with van der Waals surface area (Å²) in [4.78, 5) is 21.9. The van der Waals surface area contributed by atoms with E-state index in [0.29, 0.717) is 5.69 Å². The SMILES string of the molecule is Cc1ccc(-c2cncc(C(=O)N(C)C)n2)cc1C. The zero-order valence-corrected chi connectivity index (χ0v) is 11.6. The summed E-state index contributed by atoms with van der Waals surface area (Å²) in [5.74, 6) is -0.141. The number of benzene rings is 1. The molecule has 4 heteroatoms. The zero-order valence-electron chi connectivity index (χ0n) is 11.6. The number of hydrogen-bond donors (Lipinski definition) is 0. The quantitative estimate of drug-likeness (QED) is 0.828. The maximum Gasteiger partial charge on any atom is 0.273 e. The number of aryl methyl sites for hydroxylation is 2. The Morgan fingerprint density at radius 2 is 1.84 bits per heavy atom. The normalized spacial score (nSPS) is 10.3. The lowest BCUT2D eigenvalue weighted by molar-refractivity contribution is 0.0821. The molecule has 1 heterocycles. The Balaban J connectivity index is 2.43. The number of nitrogens with zero attached hydrogens (tertiary/aromatic N) is 3. The number of carbonyl (C=O) groups excluding carboxylic acids is 1. The summed E-state index contributed by atoms with van der Waals surface area (Å²) < 4.78 is 0. The van der Waals surface area contributed by atoms with Crippen molar-refractivity contribution >= 4 is 5.91 Å². The Kier molecular flexibility index (Phi) is 3.60. The highest BCUT2D eigenvalue weighted by atomic mass is 16.2. The van der Waals surface area contributed by atoms with Crippen molar-refractivity contribution in [2.45, 2.75) is 13.8 Å². The molecule has 0 atom stereocenters. The van der Waals surface area contributed by atoms with E-state index in [1.54, 1.807) is 20.3 Å². The van der Waals surface area contributed by atoms with Gasteiger partial charge in [-0.3, -0.25) is 9.78 Å². The number of amides is 1. The predicted molar refractivity (Wildman–Crippen MR) is 75.0 cm³/mol. The Hall–Kier alpha value is -2.23. The molecular formula is C15H17N3O. The number of hydrogen-bond acceptors (Lipinski definition) is 3. The Labute approximate surface area is 113 Å². The van der Waals surface area contributed by atoms with Crippen molar-refractivity contribution in [1.82, 2.24) is 14.9 Å². The van der Waals surface area contributed by atoms with Crippen LogP contribution in [-0.4, -0.2) is 34.9 Å². The third kappa shape index (κ3) is 2.78. The third-order valence-corrected chi connectivity index (χ3v) is 3.06. The van der Waals surface area contributed by atoms with Gasteiger partial charge in [-0.05, 0) is 31.0 Å². The minimum absolute atomic E-state index is 0.141. The van der Waals surface area contributed by atoms with Crippen molar-refractivity contribution < 1.29 is 4.79 Å². The van der Waals surface area contributed by atoms with Crippen LogP contribution in [0.4, 0.5) is 0 Å². The molecule has 19 heavy (non-hydrogen) atoms. The van der Waals surface area contributed by atoms with Crippen molar-refractivity contribution in [2.24, 2.45) is 0 Å². The van der Waals surface area contributed by atoms with Gasteiger partial charge in [-0.1, -0.05) is 12.1 Å². The molecule has 0 radical (unpaired) electrons. The first kappa shape index (κ1) is 13.2. The van der Waals surface area contributed by atoms with E-state index in [-0.39, 0.29) is 5.91 Å². The smallest absolute Gasteiger partial charge is 0.273 e. The molecule has 4 nitrogen and oxygen atoms in total. The molecule has 1 amide bonds. The molecule has 0 unspecified atom stereocenters. The van der Waals surface area contributed by atoms with Crippen LogP contribution in [0.1, 0.15) is 21.6 Å². The molecule has 1 aromatic carbocycles. The fraction of sp³-hybridized carbons (Fsp3) is 0.267. The number of rotatable bonds is 2. The fourth-order valence-electron chi connectivity index (χ4n) is 1.74. The second-order valence-electron chi connectivity index (χ2n) is 4.79. The summed E-state index contributed by atoms with van der Waals surface area (Å²) in [6, 6.07) is 6.10. The van der Waals surface area contributed by atoms with Crippen LogP contribution in [0.5, 0.6) is 0 Å². The van der Waals surface area contributed by atoms with Gasteiger partial charge in [0.1, 0.15) is 5.69 Å². The van der Waals surface area contributed by atoms with E-state index >= 15 is 0 Å². The summed E-state index contributed by atoms with van der Waals surface area (Å²) in [7, 11) is 3.40. The van der Waals surface area contributed by atoms with E-state index < -0.39 is 0 Å². The third-order valence-electron chi connectivity index (χ3n) is 3.06. The van der Waals surface area contributed by atoms with Gasteiger partial charge in [-0.2, -0.15) is 0 Å². The number of aromatic nitrogens is 2. The van der Waals surface area contributed by atoms with Crippen LogP contribution in [0.3, 0.4) is 0 Å². The zero-order chi connectivity index (χ0) is 14.0. The van der Waals surface area contributed by atoms with Gasteiger partial charge in [0.05, 0.1) is 18.1 Å². The van der Waals surface area contributed by atoms with Gasteiger partial charge in [-0.25, -0.2) is 4.98 Å². The van der Waals surface area contributed by atoms with Crippen molar-refractivity contribution in [3.8, 4) is 11.3 Å². The summed E-state index contributed by atoms with van der Waals surface area (Å²) in [6.07, 6.45) is 3.17. The van der Waals surface area contributed by atoms with E-state index in [2.05, 4.69) is 29.9 Å². The van der Waals surface area contributed by atoms with E-state index in [1.807, 2.05) is 12.1 Å². The summed E-state index contributed by atoms with van der Waals surface area (Å²) in [6.45, 7) is 4.12. The molecule has 0 bridgehead atoms. The highest BCUT2D eigenvalue weighted by Gasteiger charge is 2.11. The van der Waals surface area contributed by atoms with Crippen molar-refractivity contribution in [2.75, 3.05) is 14.1 Å². The molecule has 0 spiro atoms. The lowest BCUT2D eigenvalue weighted by Crippen LogP contribution is -2.23. The highest BCUT2D eigenvalue weighted by Crippen LogP contribution is 2.20. The molecule has 2 aromatic rings. The molecular weight excluding hydrogens is 238 g/mol. The van der Waals surface area contributed by atoms with Gasteiger partial charge >= 0.3 is 0 Å².